The highest BCUT2D eigenvalue weighted by Gasteiger charge is 2.30. The van der Waals surface area contributed by atoms with Gasteiger partial charge in [0.05, 0.1) is 7.11 Å². The van der Waals surface area contributed by atoms with E-state index in [9.17, 15) is 0 Å². The SMILES string of the molecule is COc1ccnc(N2CC(CCN)c3ccccc32)n1. The Labute approximate surface area is 118 Å². The zero-order valence-corrected chi connectivity index (χ0v) is 11.5. The van der Waals surface area contributed by atoms with Crippen LogP contribution in [-0.4, -0.2) is 30.2 Å². The number of fused-ring (bicyclic) bond motifs is 1. The Bertz CT molecular complexity index is 602. The van der Waals surface area contributed by atoms with Crippen LogP contribution in [0.2, 0.25) is 0 Å². The minimum atomic E-state index is 0.436. The number of para-hydroxylation sites is 1. The second-order valence-corrected chi connectivity index (χ2v) is 4.84. The van der Waals surface area contributed by atoms with Crippen molar-refractivity contribution in [1.29, 1.82) is 0 Å². The lowest BCUT2D eigenvalue weighted by molar-refractivity contribution is 0.397. The summed E-state index contributed by atoms with van der Waals surface area (Å²) in [6.45, 7) is 1.55. The zero-order chi connectivity index (χ0) is 13.9. The van der Waals surface area contributed by atoms with Crippen LogP contribution in [0.3, 0.4) is 0 Å². The quantitative estimate of drug-likeness (QED) is 0.921. The van der Waals surface area contributed by atoms with Gasteiger partial charge in [0.1, 0.15) is 0 Å². The van der Waals surface area contributed by atoms with E-state index in [1.807, 2.05) is 6.07 Å². The fourth-order valence-corrected chi connectivity index (χ4v) is 2.71. The average Bonchev–Trinajstić information content (AvgIpc) is 2.87. The van der Waals surface area contributed by atoms with E-state index in [0.29, 0.717) is 24.3 Å². The Kier molecular flexibility index (Phi) is 3.52. The molecule has 0 fully saturated rings. The number of nitrogens with two attached hydrogens (primary N) is 1. The smallest absolute Gasteiger partial charge is 0.233 e. The van der Waals surface area contributed by atoms with Crippen molar-refractivity contribution in [2.24, 2.45) is 5.73 Å². The minimum absolute atomic E-state index is 0.436. The van der Waals surface area contributed by atoms with Crippen molar-refractivity contribution < 1.29 is 4.74 Å². The summed E-state index contributed by atoms with van der Waals surface area (Å²) in [5, 5.41) is 0. The Morgan fingerprint density at radius 3 is 3.00 bits per heavy atom. The van der Waals surface area contributed by atoms with Crippen molar-refractivity contribution >= 4 is 11.6 Å². The standard InChI is InChI=1S/C15H18N4O/c1-20-14-7-9-17-15(18-14)19-10-11(6-8-16)12-4-2-3-5-13(12)19/h2-5,7,9,11H,6,8,10,16H2,1H3. The van der Waals surface area contributed by atoms with Gasteiger partial charge in [-0.3, -0.25) is 0 Å². The van der Waals surface area contributed by atoms with Crippen LogP contribution in [0.4, 0.5) is 11.6 Å². The van der Waals surface area contributed by atoms with Gasteiger partial charge in [0.25, 0.3) is 0 Å². The van der Waals surface area contributed by atoms with Gasteiger partial charge in [0, 0.05) is 30.4 Å². The number of aromatic nitrogens is 2. The van der Waals surface area contributed by atoms with Gasteiger partial charge in [0.15, 0.2) is 0 Å². The molecule has 1 aliphatic rings. The van der Waals surface area contributed by atoms with E-state index in [1.54, 1.807) is 19.4 Å². The maximum Gasteiger partial charge on any atom is 0.233 e. The molecule has 2 aromatic rings. The number of methoxy groups -OCH3 is 1. The van der Waals surface area contributed by atoms with Crippen LogP contribution in [0, 0.1) is 0 Å². The Hall–Kier alpha value is -2.14. The molecule has 104 valence electrons. The zero-order valence-electron chi connectivity index (χ0n) is 11.5. The number of nitrogens with zero attached hydrogens (tertiary/aromatic N) is 3. The lowest BCUT2D eigenvalue weighted by Gasteiger charge is -2.17. The highest BCUT2D eigenvalue weighted by molar-refractivity contribution is 5.67. The molecule has 0 amide bonds. The molecular formula is C15H18N4O. The van der Waals surface area contributed by atoms with Crippen LogP contribution >= 0.6 is 0 Å². The lowest BCUT2D eigenvalue weighted by atomic mass is 9.98. The topological polar surface area (TPSA) is 64.3 Å². The molecule has 5 nitrogen and oxygen atoms in total. The number of rotatable bonds is 4. The summed E-state index contributed by atoms with van der Waals surface area (Å²) < 4.78 is 5.18. The second kappa shape index (κ2) is 5.46. The first kappa shape index (κ1) is 12.9. The third kappa shape index (κ3) is 2.20. The number of hydrogen-bond donors (Lipinski definition) is 1. The third-order valence-corrected chi connectivity index (χ3v) is 3.65. The molecule has 5 heteroatoms. The molecule has 3 rings (SSSR count). The first-order valence-electron chi connectivity index (χ1n) is 6.77. The van der Waals surface area contributed by atoms with E-state index in [1.165, 1.54) is 11.3 Å². The molecular weight excluding hydrogens is 252 g/mol. The molecule has 0 spiro atoms. The van der Waals surface area contributed by atoms with Gasteiger partial charge in [-0.25, -0.2) is 4.98 Å². The maximum atomic E-state index is 5.73. The highest BCUT2D eigenvalue weighted by Crippen LogP contribution is 2.40. The van der Waals surface area contributed by atoms with Crippen molar-refractivity contribution in [3.05, 3.63) is 42.1 Å². The predicted octanol–water partition coefficient (Wildman–Crippen LogP) is 2.07. The molecule has 2 N–H and O–H groups in total. The summed E-state index contributed by atoms with van der Waals surface area (Å²) in [7, 11) is 1.61. The predicted molar refractivity (Wildman–Crippen MR) is 78.4 cm³/mol. The van der Waals surface area contributed by atoms with Crippen LogP contribution in [0.5, 0.6) is 5.88 Å². The molecule has 1 atom stereocenters. The van der Waals surface area contributed by atoms with E-state index in [0.717, 1.165) is 13.0 Å². The Morgan fingerprint density at radius 2 is 2.20 bits per heavy atom. The van der Waals surface area contributed by atoms with Crippen LogP contribution in [0.1, 0.15) is 17.9 Å². The average molecular weight is 270 g/mol. The summed E-state index contributed by atoms with van der Waals surface area (Å²) in [6.07, 6.45) is 2.69. The monoisotopic (exact) mass is 270 g/mol. The van der Waals surface area contributed by atoms with Gasteiger partial charge in [-0.15, -0.1) is 0 Å². The van der Waals surface area contributed by atoms with Crippen molar-refractivity contribution in [2.75, 3.05) is 25.1 Å². The molecule has 0 radical (unpaired) electrons. The molecule has 1 aromatic carbocycles. The molecule has 0 saturated heterocycles. The minimum Gasteiger partial charge on any atom is -0.481 e. The van der Waals surface area contributed by atoms with Crippen LogP contribution < -0.4 is 15.4 Å². The number of benzene rings is 1. The Morgan fingerprint density at radius 1 is 1.35 bits per heavy atom. The van der Waals surface area contributed by atoms with Crippen molar-refractivity contribution in [3.63, 3.8) is 0 Å². The van der Waals surface area contributed by atoms with Crippen LogP contribution in [0.25, 0.3) is 0 Å². The second-order valence-electron chi connectivity index (χ2n) is 4.84. The van der Waals surface area contributed by atoms with Gasteiger partial charge in [-0.05, 0) is 24.6 Å². The van der Waals surface area contributed by atoms with Gasteiger partial charge < -0.3 is 15.4 Å². The summed E-state index contributed by atoms with van der Waals surface area (Å²) >= 11 is 0. The van der Waals surface area contributed by atoms with E-state index < -0.39 is 0 Å². The highest BCUT2D eigenvalue weighted by atomic mass is 16.5. The molecule has 20 heavy (non-hydrogen) atoms. The molecule has 1 unspecified atom stereocenters. The molecule has 1 aliphatic heterocycles. The first-order valence-corrected chi connectivity index (χ1v) is 6.77. The van der Waals surface area contributed by atoms with Crippen LogP contribution in [0.15, 0.2) is 36.5 Å². The van der Waals surface area contributed by atoms with Gasteiger partial charge in [-0.1, -0.05) is 18.2 Å². The van der Waals surface area contributed by atoms with Gasteiger partial charge in [0.2, 0.25) is 11.8 Å². The molecule has 0 bridgehead atoms. The first-order chi connectivity index (χ1) is 9.83. The summed E-state index contributed by atoms with van der Waals surface area (Å²) in [5.41, 5.74) is 8.21. The third-order valence-electron chi connectivity index (χ3n) is 3.65. The molecule has 0 saturated carbocycles. The molecule has 1 aromatic heterocycles. The van der Waals surface area contributed by atoms with E-state index >= 15 is 0 Å². The number of hydrogen-bond acceptors (Lipinski definition) is 5. The van der Waals surface area contributed by atoms with E-state index in [2.05, 4.69) is 33.1 Å². The van der Waals surface area contributed by atoms with Gasteiger partial charge >= 0.3 is 0 Å². The molecule has 0 aliphatic carbocycles. The fraction of sp³-hybridized carbons (Fsp3) is 0.333. The number of ether oxygens (including phenoxy) is 1. The maximum absolute atomic E-state index is 5.73. The Balaban J connectivity index is 1.98. The normalized spacial score (nSPS) is 17.1. The van der Waals surface area contributed by atoms with E-state index in [4.69, 9.17) is 10.5 Å². The summed E-state index contributed by atoms with van der Waals surface area (Å²) in [4.78, 5) is 10.9. The van der Waals surface area contributed by atoms with Gasteiger partial charge in [-0.2, -0.15) is 4.98 Å². The van der Waals surface area contributed by atoms with Crippen molar-refractivity contribution in [1.82, 2.24) is 9.97 Å². The summed E-state index contributed by atoms with van der Waals surface area (Å²) in [6, 6.07) is 10.1. The lowest BCUT2D eigenvalue weighted by Crippen LogP contribution is -2.19. The summed E-state index contributed by atoms with van der Waals surface area (Å²) in [5.74, 6) is 1.69. The largest absolute Gasteiger partial charge is 0.481 e. The van der Waals surface area contributed by atoms with Crippen molar-refractivity contribution in [2.45, 2.75) is 12.3 Å². The van der Waals surface area contributed by atoms with E-state index in [-0.39, 0.29) is 0 Å². The molecule has 2 heterocycles. The van der Waals surface area contributed by atoms with Crippen LogP contribution in [-0.2, 0) is 0 Å². The fourth-order valence-electron chi connectivity index (χ4n) is 2.71. The number of anilines is 2. The van der Waals surface area contributed by atoms with Crippen molar-refractivity contribution in [3.8, 4) is 5.88 Å².